The Labute approximate surface area is 199 Å². The average Bonchev–Trinajstić information content (AvgIpc) is 3.23. The standard InChI is InChI=1S/C25H30N6O3/c1-16-13-18-14-21(33-5)22(34-6)15-20(18)23(28-31(16)25(32)26-2)17-7-9-19(10-8-17)30(4)24-27-11-12-29(24)3/h7-12,14-16H,13H2,1-6H3,(H,26,32)/t16-/m1/s1. The monoisotopic (exact) mass is 462 g/mol. The van der Waals surface area contributed by atoms with Crippen molar-refractivity contribution in [3.05, 3.63) is 65.5 Å². The minimum absolute atomic E-state index is 0.150. The summed E-state index contributed by atoms with van der Waals surface area (Å²) in [5.74, 6) is 2.09. The van der Waals surface area contributed by atoms with Crippen LogP contribution in [-0.4, -0.2) is 60.7 Å². The number of aryl methyl sites for hydroxylation is 1. The van der Waals surface area contributed by atoms with Crippen molar-refractivity contribution in [2.45, 2.75) is 19.4 Å². The molecule has 4 rings (SSSR count). The highest BCUT2D eigenvalue weighted by molar-refractivity contribution is 6.14. The van der Waals surface area contributed by atoms with Crippen LogP contribution in [-0.2, 0) is 13.5 Å². The van der Waals surface area contributed by atoms with Crippen LogP contribution in [0.15, 0.2) is 53.9 Å². The summed E-state index contributed by atoms with van der Waals surface area (Å²) < 4.78 is 13.1. The molecule has 3 aromatic rings. The van der Waals surface area contributed by atoms with E-state index in [2.05, 4.69) is 10.3 Å². The highest BCUT2D eigenvalue weighted by atomic mass is 16.5. The zero-order valence-electron chi connectivity index (χ0n) is 20.4. The molecule has 1 N–H and O–H groups in total. The van der Waals surface area contributed by atoms with Gasteiger partial charge >= 0.3 is 6.03 Å². The number of benzene rings is 2. The molecule has 0 fully saturated rings. The minimum Gasteiger partial charge on any atom is -0.493 e. The molecule has 9 heteroatoms. The van der Waals surface area contributed by atoms with Gasteiger partial charge in [0.05, 0.1) is 26.0 Å². The first-order valence-electron chi connectivity index (χ1n) is 11.0. The van der Waals surface area contributed by atoms with Crippen LogP contribution in [0.3, 0.4) is 0 Å². The highest BCUT2D eigenvalue weighted by Crippen LogP contribution is 2.35. The van der Waals surface area contributed by atoms with E-state index >= 15 is 0 Å². The molecule has 0 bridgehead atoms. The van der Waals surface area contributed by atoms with Crippen LogP contribution in [0.2, 0.25) is 0 Å². The normalized spacial score (nSPS) is 15.2. The number of carbonyl (C=O) groups excluding carboxylic acids is 1. The average molecular weight is 463 g/mol. The Morgan fingerprint density at radius 3 is 2.41 bits per heavy atom. The summed E-state index contributed by atoms with van der Waals surface area (Å²) in [6.07, 6.45) is 4.30. The van der Waals surface area contributed by atoms with Gasteiger partial charge in [0.2, 0.25) is 5.95 Å². The van der Waals surface area contributed by atoms with Gasteiger partial charge in [0.15, 0.2) is 11.5 Å². The SMILES string of the molecule is CNC(=O)N1N=C(c2ccc(N(C)c3nccn3C)cc2)c2cc(OC)c(OC)cc2C[C@H]1C. The lowest BCUT2D eigenvalue weighted by Crippen LogP contribution is -2.41. The van der Waals surface area contributed by atoms with Crippen LogP contribution < -0.4 is 19.7 Å². The van der Waals surface area contributed by atoms with Gasteiger partial charge in [0.1, 0.15) is 0 Å². The maximum Gasteiger partial charge on any atom is 0.337 e. The van der Waals surface area contributed by atoms with Crippen molar-refractivity contribution in [1.29, 1.82) is 0 Å². The summed E-state index contributed by atoms with van der Waals surface area (Å²) in [5.41, 5.74) is 4.49. The summed E-state index contributed by atoms with van der Waals surface area (Å²) in [4.78, 5) is 19.1. The second-order valence-corrected chi connectivity index (χ2v) is 8.21. The lowest BCUT2D eigenvalue weighted by atomic mass is 9.94. The van der Waals surface area contributed by atoms with Crippen molar-refractivity contribution in [2.75, 3.05) is 33.2 Å². The third-order valence-corrected chi connectivity index (χ3v) is 6.05. The molecular weight excluding hydrogens is 432 g/mol. The third-order valence-electron chi connectivity index (χ3n) is 6.05. The summed E-state index contributed by atoms with van der Waals surface area (Å²) in [6.45, 7) is 1.98. The van der Waals surface area contributed by atoms with Gasteiger partial charge in [0.25, 0.3) is 0 Å². The van der Waals surface area contributed by atoms with E-state index in [-0.39, 0.29) is 12.1 Å². The molecular formula is C25H30N6O3. The molecule has 0 unspecified atom stereocenters. The molecule has 1 atom stereocenters. The van der Waals surface area contributed by atoms with E-state index in [1.807, 2.05) is 73.1 Å². The number of anilines is 2. The van der Waals surface area contributed by atoms with Gasteiger partial charge in [-0.25, -0.2) is 14.8 Å². The van der Waals surface area contributed by atoms with Crippen molar-refractivity contribution in [2.24, 2.45) is 12.1 Å². The number of amides is 2. The number of urea groups is 1. The first kappa shape index (κ1) is 23.2. The van der Waals surface area contributed by atoms with E-state index in [4.69, 9.17) is 14.6 Å². The molecule has 2 heterocycles. The van der Waals surface area contributed by atoms with Crippen LogP contribution in [0.4, 0.5) is 16.4 Å². The van der Waals surface area contributed by atoms with Crippen molar-refractivity contribution in [1.82, 2.24) is 19.9 Å². The highest BCUT2D eigenvalue weighted by Gasteiger charge is 2.28. The molecule has 178 valence electrons. The van der Waals surface area contributed by atoms with Crippen LogP contribution in [0.1, 0.15) is 23.6 Å². The Morgan fingerprint density at radius 2 is 1.82 bits per heavy atom. The Kier molecular flexibility index (Phi) is 6.45. The number of hydrogen-bond donors (Lipinski definition) is 1. The van der Waals surface area contributed by atoms with Gasteiger partial charge in [-0.3, -0.25) is 0 Å². The van der Waals surface area contributed by atoms with E-state index in [0.29, 0.717) is 23.6 Å². The van der Waals surface area contributed by atoms with E-state index in [0.717, 1.165) is 28.3 Å². The predicted molar refractivity (Wildman–Crippen MR) is 132 cm³/mol. The topological polar surface area (TPSA) is 84.2 Å². The Morgan fingerprint density at radius 1 is 1.15 bits per heavy atom. The molecule has 0 aliphatic carbocycles. The summed E-state index contributed by atoms with van der Waals surface area (Å²) in [7, 11) is 8.77. The second kappa shape index (κ2) is 9.46. The predicted octanol–water partition coefficient (Wildman–Crippen LogP) is 3.54. The number of hydrazone groups is 1. The van der Waals surface area contributed by atoms with E-state index < -0.39 is 0 Å². The van der Waals surface area contributed by atoms with Gasteiger partial charge in [-0.1, -0.05) is 12.1 Å². The Balaban J connectivity index is 1.82. The van der Waals surface area contributed by atoms with Crippen LogP contribution in [0.5, 0.6) is 11.5 Å². The number of hydrogen-bond acceptors (Lipinski definition) is 6. The van der Waals surface area contributed by atoms with Crippen LogP contribution in [0, 0.1) is 0 Å². The number of nitrogens with zero attached hydrogens (tertiary/aromatic N) is 5. The summed E-state index contributed by atoms with van der Waals surface area (Å²) >= 11 is 0. The maximum atomic E-state index is 12.7. The second-order valence-electron chi connectivity index (χ2n) is 8.21. The smallest absolute Gasteiger partial charge is 0.337 e. The van der Waals surface area contributed by atoms with E-state index in [9.17, 15) is 4.79 Å². The summed E-state index contributed by atoms with van der Waals surface area (Å²) in [6, 6.07) is 11.5. The Bertz CT molecular complexity index is 1220. The lowest BCUT2D eigenvalue weighted by molar-refractivity contribution is 0.184. The minimum atomic E-state index is -0.261. The van der Waals surface area contributed by atoms with Crippen molar-refractivity contribution >= 4 is 23.4 Å². The number of aromatic nitrogens is 2. The quantitative estimate of drug-likeness (QED) is 0.627. The fourth-order valence-electron chi connectivity index (χ4n) is 4.19. The third kappa shape index (κ3) is 4.16. The number of ether oxygens (including phenoxy) is 2. The fraction of sp³-hybridized carbons (Fsp3) is 0.320. The van der Waals surface area contributed by atoms with Gasteiger partial charge in [-0.15, -0.1) is 0 Å². The van der Waals surface area contributed by atoms with Crippen LogP contribution >= 0.6 is 0 Å². The molecule has 9 nitrogen and oxygen atoms in total. The number of imidazole rings is 1. The van der Waals surface area contributed by atoms with E-state index in [1.54, 1.807) is 27.5 Å². The number of fused-ring (bicyclic) bond motifs is 1. The van der Waals surface area contributed by atoms with Gasteiger partial charge < -0.3 is 24.3 Å². The molecule has 1 aromatic heterocycles. The Hall–Kier alpha value is -4.01. The fourth-order valence-corrected chi connectivity index (χ4v) is 4.19. The molecule has 0 saturated heterocycles. The molecule has 1 aliphatic rings. The van der Waals surface area contributed by atoms with Crippen molar-refractivity contribution < 1.29 is 14.3 Å². The molecule has 1 aliphatic heterocycles. The maximum absolute atomic E-state index is 12.7. The molecule has 34 heavy (non-hydrogen) atoms. The van der Waals surface area contributed by atoms with E-state index in [1.165, 1.54) is 5.01 Å². The van der Waals surface area contributed by atoms with Gasteiger partial charge in [-0.2, -0.15) is 5.10 Å². The number of nitrogens with one attached hydrogen (secondary N) is 1. The van der Waals surface area contributed by atoms with Gasteiger partial charge in [-0.05, 0) is 43.2 Å². The van der Waals surface area contributed by atoms with Crippen LogP contribution in [0.25, 0.3) is 0 Å². The van der Waals surface area contributed by atoms with Crippen molar-refractivity contribution in [3.63, 3.8) is 0 Å². The van der Waals surface area contributed by atoms with Gasteiger partial charge in [0, 0.05) is 50.4 Å². The number of carbonyl (C=O) groups is 1. The number of methoxy groups -OCH3 is 2. The molecule has 2 amide bonds. The first-order chi connectivity index (χ1) is 16.4. The molecule has 2 aromatic carbocycles. The zero-order valence-corrected chi connectivity index (χ0v) is 20.4. The molecule has 0 saturated carbocycles. The molecule has 0 radical (unpaired) electrons. The zero-order chi connectivity index (χ0) is 24.4. The summed E-state index contributed by atoms with van der Waals surface area (Å²) in [5, 5.41) is 9.02. The number of rotatable bonds is 5. The molecule has 0 spiro atoms. The first-order valence-corrected chi connectivity index (χ1v) is 11.0. The lowest BCUT2D eigenvalue weighted by Gasteiger charge is -2.22. The largest absolute Gasteiger partial charge is 0.493 e. The van der Waals surface area contributed by atoms with Crippen molar-refractivity contribution in [3.8, 4) is 11.5 Å².